The lowest BCUT2D eigenvalue weighted by molar-refractivity contribution is -0.188. The smallest absolute Gasteiger partial charge is 0.253 e. The van der Waals surface area contributed by atoms with Gasteiger partial charge in [-0.25, -0.2) is 0 Å². The molecule has 156 valence electrons. The van der Waals surface area contributed by atoms with Gasteiger partial charge in [-0.05, 0) is 37.6 Å². The molecule has 6 heteroatoms. The average Bonchev–Trinajstić information content (AvgIpc) is 3.23. The molecule has 0 N–H and O–H groups in total. The van der Waals surface area contributed by atoms with Crippen LogP contribution in [0.3, 0.4) is 0 Å². The molecule has 2 aromatic rings. The van der Waals surface area contributed by atoms with E-state index in [1.165, 1.54) is 0 Å². The molecule has 6 nitrogen and oxygen atoms in total. The lowest BCUT2D eigenvalue weighted by Gasteiger charge is -2.49. The minimum atomic E-state index is -0.404. The maximum absolute atomic E-state index is 13.1. The third kappa shape index (κ3) is 4.89. The molecular weight excluding hydrogens is 366 g/mol. The van der Waals surface area contributed by atoms with Gasteiger partial charge < -0.3 is 19.0 Å². The fourth-order valence-corrected chi connectivity index (χ4v) is 4.54. The largest absolute Gasteiger partial charge is 0.468 e. The van der Waals surface area contributed by atoms with Gasteiger partial charge in [0.2, 0.25) is 0 Å². The van der Waals surface area contributed by atoms with E-state index >= 15 is 0 Å². The molecule has 1 atom stereocenters. The first-order valence-corrected chi connectivity index (χ1v) is 10.4. The summed E-state index contributed by atoms with van der Waals surface area (Å²) in [6, 6.07) is 14.1. The summed E-state index contributed by atoms with van der Waals surface area (Å²) in [4.78, 5) is 19.5. The molecule has 1 spiro atoms. The number of likely N-dealkylation sites (tertiary alicyclic amines) is 1. The summed E-state index contributed by atoms with van der Waals surface area (Å²) in [5.74, 6) is 1.07. The summed E-state index contributed by atoms with van der Waals surface area (Å²) in [6.45, 7) is 4.88. The fraction of sp³-hybridized carbons (Fsp3) is 0.522. The van der Waals surface area contributed by atoms with Gasteiger partial charge in [-0.15, -0.1) is 0 Å². The molecule has 2 saturated heterocycles. The van der Waals surface area contributed by atoms with Crippen LogP contribution in [0.2, 0.25) is 0 Å². The predicted octanol–water partition coefficient (Wildman–Crippen LogP) is 2.60. The first kappa shape index (κ1) is 20.1. The Labute approximate surface area is 173 Å². The fourth-order valence-electron chi connectivity index (χ4n) is 4.54. The Morgan fingerprint density at radius 3 is 2.62 bits per heavy atom. The summed E-state index contributed by atoms with van der Waals surface area (Å²) in [5, 5.41) is 0. The second-order valence-corrected chi connectivity index (χ2v) is 8.52. The van der Waals surface area contributed by atoms with E-state index in [1.807, 2.05) is 49.5 Å². The number of benzene rings is 1. The molecule has 29 heavy (non-hydrogen) atoms. The Hall–Kier alpha value is -2.15. The zero-order valence-corrected chi connectivity index (χ0v) is 17.4. The Kier molecular flexibility index (Phi) is 6.04. The normalized spacial score (nSPS) is 22.6. The van der Waals surface area contributed by atoms with Crippen LogP contribution >= 0.6 is 0 Å². The predicted molar refractivity (Wildman–Crippen MR) is 111 cm³/mol. The summed E-state index contributed by atoms with van der Waals surface area (Å²) in [7, 11) is 3.96. The Morgan fingerprint density at radius 1 is 1.17 bits per heavy atom. The van der Waals surface area contributed by atoms with Crippen molar-refractivity contribution in [2.24, 2.45) is 0 Å². The Morgan fingerprint density at radius 2 is 1.93 bits per heavy atom. The van der Waals surface area contributed by atoms with Gasteiger partial charge >= 0.3 is 0 Å². The maximum Gasteiger partial charge on any atom is 0.253 e. The van der Waals surface area contributed by atoms with Crippen LogP contribution in [0.4, 0.5) is 0 Å². The number of hydrogen-bond donors (Lipinski definition) is 0. The van der Waals surface area contributed by atoms with Gasteiger partial charge in [-0.1, -0.05) is 30.3 Å². The van der Waals surface area contributed by atoms with Crippen molar-refractivity contribution in [1.82, 2.24) is 14.7 Å². The number of amides is 1. The standard InChI is InChI=1S/C23H31N3O3/c1-24-17-21(22(27)25(2)15-19-7-4-3-5-8-19)29-23(18-24)10-12-26(13-11-23)16-20-9-6-14-28-20/h3-9,14,21H,10-13,15-18H2,1-2H3/t21-/m0/s1. The quantitative estimate of drug-likeness (QED) is 0.776. The van der Waals surface area contributed by atoms with Crippen LogP contribution < -0.4 is 0 Å². The molecule has 1 aromatic carbocycles. The van der Waals surface area contributed by atoms with Gasteiger partial charge in [0.05, 0.1) is 18.4 Å². The highest BCUT2D eigenvalue weighted by Gasteiger charge is 2.44. The van der Waals surface area contributed by atoms with Crippen LogP contribution in [0.25, 0.3) is 0 Å². The number of furan rings is 1. The van der Waals surface area contributed by atoms with Crippen LogP contribution in [0.15, 0.2) is 53.1 Å². The molecule has 0 unspecified atom stereocenters. The summed E-state index contributed by atoms with van der Waals surface area (Å²) in [5.41, 5.74) is 0.897. The number of nitrogens with zero attached hydrogens (tertiary/aromatic N) is 3. The highest BCUT2D eigenvalue weighted by Crippen LogP contribution is 2.33. The molecule has 2 fully saturated rings. The van der Waals surface area contributed by atoms with Crippen LogP contribution in [0.5, 0.6) is 0 Å². The third-order valence-electron chi connectivity index (χ3n) is 6.07. The van der Waals surface area contributed by atoms with E-state index in [2.05, 4.69) is 16.8 Å². The molecule has 0 radical (unpaired) electrons. The Bertz CT molecular complexity index is 785. The summed E-state index contributed by atoms with van der Waals surface area (Å²) in [6.07, 6.45) is 3.19. The van der Waals surface area contributed by atoms with Crippen molar-refractivity contribution in [3.8, 4) is 0 Å². The first-order valence-electron chi connectivity index (χ1n) is 10.4. The lowest BCUT2D eigenvalue weighted by atomic mass is 9.88. The average molecular weight is 398 g/mol. The molecule has 3 heterocycles. The van der Waals surface area contributed by atoms with E-state index in [4.69, 9.17) is 9.15 Å². The van der Waals surface area contributed by atoms with Crippen molar-refractivity contribution in [2.75, 3.05) is 40.3 Å². The topological polar surface area (TPSA) is 49.2 Å². The number of morpholine rings is 1. The SMILES string of the molecule is CN1C[C@@H](C(=O)N(C)Cc2ccccc2)OC2(CCN(Cc3ccco3)CC2)C1. The molecule has 1 aromatic heterocycles. The first-order chi connectivity index (χ1) is 14.0. The molecule has 2 aliphatic rings. The molecule has 0 aliphatic carbocycles. The highest BCUT2D eigenvalue weighted by molar-refractivity contribution is 5.81. The third-order valence-corrected chi connectivity index (χ3v) is 6.07. The maximum atomic E-state index is 13.1. The number of rotatable bonds is 5. The van der Waals surface area contributed by atoms with E-state index < -0.39 is 6.10 Å². The number of hydrogen-bond acceptors (Lipinski definition) is 5. The molecule has 4 rings (SSSR count). The molecule has 0 bridgehead atoms. The van der Waals surface area contributed by atoms with Crippen molar-refractivity contribution in [1.29, 1.82) is 0 Å². The van der Waals surface area contributed by atoms with E-state index in [-0.39, 0.29) is 11.5 Å². The van der Waals surface area contributed by atoms with E-state index in [1.54, 1.807) is 11.2 Å². The second kappa shape index (κ2) is 8.69. The Balaban J connectivity index is 1.36. The van der Waals surface area contributed by atoms with Gasteiger partial charge in [0.15, 0.2) is 0 Å². The zero-order chi connectivity index (χ0) is 20.3. The van der Waals surface area contributed by atoms with Crippen LogP contribution in [-0.4, -0.2) is 72.6 Å². The number of piperidine rings is 1. The number of carbonyl (C=O) groups is 1. The highest BCUT2D eigenvalue weighted by atomic mass is 16.5. The second-order valence-electron chi connectivity index (χ2n) is 8.52. The van der Waals surface area contributed by atoms with E-state index in [0.717, 1.165) is 50.3 Å². The van der Waals surface area contributed by atoms with E-state index in [9.17, 15) is 4.79 Å². The minimum Gasteiger partial charge on any atom is -0.468 e. The van der Waals surface area contributed by atoms with Crippen LogP contribution in [0.1, 0.15) is 24.2 Å². The van der Waals surface area contributed by atoms with Crippen LogP contribution in [-0.2, 0) is 22.6 Å². The summed E-state index contributed by atoms with van der Waals surface area (Å²) < 4.78 is 12.0. The zero-order valence-electron chi connectivity index (χ0n) is 17.4. The van der Waals surface area contributed by atoms with Gasteiger partial charge in [0.1, 0.15) is 11.9 Å². The van der Waals surface area contributed by atoms with Crippen molar-refractivity contribution in [3.05, 3.63) is 60.1 Å². The van der Waals surface area contributed by atoms with Crippen molar-refractivity contribution < 1.29 is 13.9 Å². The van der Waals surface area contributed by atoms with Crippen molar-refractivity contribution >= 4 is 5.91 Å². The van der Waals surface area contributed by atoms with Gasteiger partial charge in [-0.3, -0.25) is 9.69 Å². The molecule has 1 amide bonds. The van der Waals surface area contributed by atoms with Gasteiger partial charge in [-0.2, -0.15) is 0 Å². The van der Waals surface area contributed by atoms with Crippen LogP contribution in [0, 0.1) is 0 Å². The molecular formula is C23H31N3O3. The summed E-state index contributed by atoms with van der Waals surface area (Å²) >= 11 is 0. The number of ether oxygens (including phenoxy) is 1. The minimum absolute atomic E-state index is 0.0674. The van der Waals surface area contributed by atoms with Crippen molar-refractivity contribution in [2.45, 2.75) is 37.6 Å². The lowest BCUT2D eigenvalue weighted by Crippen LogP contribution is -2.61. The monoisotopic (exact) mass is 397 g/mol. The van der Waals surface area contributed by atoms with Crippen molar-refractivity contribution in [3.63, 3.8) is 0 Å². The number of likely N-dealkylation sites (N-methyl/N-ethyl adjacent to an activating group) is 2. The molecule has 2 aliphatic heterocycles. The number of carbonyl (C=O) groups excluding carboxylic acids is 1. The van der Waals surface area contributed by atoms with Gasteiger partial charge in [0, 0.05) is 39.8 Å². The molecule has 0 saturated carbocycles. The van der Waals surface area contributed by atoms with Gasteiger partial charge in [0.25, 0.3) is 5.91 Å². The van der Waals surface area contributed by atoms with E-state index in [0.29, 0.717) is 13.1 Å².